The highest BCUT2D eigenvalue weighted by Gasteiger charge is 2.19. The van der Waals surface area contributed by atoms with Crippen LogP contribution in [0.25, 0.3) is 0 Å². The topological polar surface area (TPSA) is 47.6 Å². The zero-order valence-corrected chi connectivity index (χ0v) is 12.6. The van der Waals surface area contributed by atoms with Crippen molar-refractivity contribution >= 4 is 5.91 Å². The number of benzene rings is 1. The molecule has 0 heterocycles. The number of hydrogen-bond acceptors (Lipinski definition) is 3. The van der Waals surface area contributed by atoms with Crippen molar-refractivity contribution in [2.75, 3.05) is 13.7 Å². The van der Waals surface area contributed by atoms with Gasteiger partial charge in [-0.1, -0.05) is 38.8 Å². The molecule has 1 N–H and O–H groups in total. The maximum absolute atomic E-state index is 12.1. The molecule has 1 atom stereocenters. The molecule has 0 aromatic heterocycles. The molecule has 1 aromatic carbocycles. The monoisotopic (exact) mass is 279 g/mol. The number of unbranched alkanes of at least 4 members (excludes halogenated alkanes) is 2. The Morgan fingerprint density at radius 2 is 1.90 bits per heavy atom. The van der Waals surface area contributed by atoms with Crippen molar-refractivity contribution in [3.8, 4) is 11.5 Å². The molecule has 1 aromatic rings. The van der Waals surface area contributed by atoms with Crippen LogP contribution in [0.4, 0.5) is 0 Å². The Morgan fingerprint density at radius 1 is 1.20 bits per heavy atom. The van der Waals surface area contributed by atoms with E-state index >= 15 is 0 Å². The zero-order valence-electron chi connectivity index (χ0n) is 12.6. The first-order valence-electron chi connectivity index (χ1n) is 7.30. The summed E-state index contributed by atoms with van der Waals surface area (Å²) in [4.78, 5) is 12.1. The lowest BCUT2D eigenvalue weighted by molar-refractivity contribution is -0.128. The van der Waals surface area contributed by atoms with Gasteiger partial charge in [0, 0.05) is 6.54 Å². The number of hydrogen-bond donors (Lipinski definition) is 1. The minimum Gasteiger partial charge on any atom is -0.493 e. The van der Waals surface area contributed by atoms with Crippen molar-refractivity contribution in [3.05, 3.63) is 24.3 Å². The van der Waals surface area contributed by atoms with Gasteiger partial charge in [-0.2, -0.15) is 0 Å². The van der Waals surface area contributed by atoms with E-state index in [1.807, 2.05) is 31.2 Å². The average Bonchev–Trinajstić information content (AvgIpc) is 2.49. The second-order valence-corrected chi connectivity index (χ2v) is 4.66. The number of carbonyl (C=O) groups is 1. The molecule has 1 amide bonds. The summed E-state index contributed by atoms with van der Waals surface area (Å²) < 4.78 is 11.0. The molecule has 0 spiro atoms. The second-order valence-electron chi connectivity index (χ2n) is 4.66. The Kier molecular flexibility index (Phi) is 7.55. The van der Waals surface area contributed by atoms with Crippen molar-refractivity contribution in [2.24, 2.45) is 0 Å². The molecule has 112 valence electrons. The third-order valence-corrected chi connectivity index (χ3v) is 3.08. The van der Waals surface area contributed by atoms with Gasteiger partial charge < -0.3 is 14.8 Å². The van der Waals surface area contributed by atoms with Gasteiger partial charge in [0.05, 0.1) is 7.11 Å². The van der Waals surface area contributed by atoms with Crippen LogP contribution in [0.5, 0.6) is 11.5 Å². The Morgan fingerprint density at radius 3 is 2.50 bits per heavy atom. The molecule has 4 heteroatoms. The van der Waals surface area contributed by atoms with Crippen LogP contribution in [0.1, 0.15) is 39.5 Å². The Labute approximate surface area is 121 Å². The number of para-hydroxylation sites is 2. The lowest BCUT2D eigenvalue weighted by Crippen LogP contribution is -2.38. The fourth-order valence-corrected chi connectivity index (χ4v) is 1.89. The summed E-state index contributed by atoms with van der Waals surface area (Å²) in [7, 11) is 1.59. The highest BCUT2D eigenvalue weighted by atomic mass is 16.5. The van der Waals surface area contributed by atoms with Gasteiger partial charge in [-0.15, -0.1) is 0 Å². The summed E-state index contributed by atoms with van der Waals surface area (Å²) >= 11 is 0. The van der Waals surface area contributed by atoms with Crippen LogP contribution in [-0.2, 0) is 4.79 Å². The maximum atomic E-state index is 12.1. The van der Waals surface area contributed by atoms with Crippen molar-refractivity contribution in [2.45, 2.75) is 45.6 Å². The van der Waals surface area contributed by atoms with E-state index < -0.39 is 6.10 Å². The highest BCUT2D eigenvalue weighted by Crippen LogP contribution is 2.27. The Bertz CT molecular complexity index is 406. The summed E-state index contributed by atoms with van der Waals surface area (Å²) in [6.07, 6.45) is 3.42. The number of amides is 1. The number of methoxy groups -OCH3 is 1. The van der Waals surface area contributed by atoms with Gasteiger partial charge in [0.1, 0.15) is 0 Å². The quantitative estimate of drug-likeness (QED) is 0.706. The van der Waals surface area contributed by atoms with E-state index in [1.54, 1.807) is 7.11 Å². The van der Waals surface area contributed by atoms with Crippen molar-refractivity contribution in [3.63, 3.8) is 0 Å². The molecule has 20 heavy (non-hydrogen) atoms. The lowest BCUT2D eigenvalue weighted by atomic mass is 10.2. The van der Waals surface area contributed by atoms with E-state index in [0.717, 1.165) is 19.3 Å². The first-order chi connectivity index (χ1) is 9.72. The van der Waals surface area contributed by atoms with E-state index in [9.17, 15) is 4.79 Å². The lowest BCUT2D eigenvalue weighted by Gasteiger charge is -2.18. The van der Waals surface area contributed by atoms with Gasteiger partial charge in [-0.3, -0.25) is 4.79 Å². The van der Waals surface area contributed by atoms with Crippen molar-refractivity contribution < 1.29 is 14.3 Å². The van der Waals surface area contributed by atoms with Gasteiger partial charge in [0.2, 0.25) is 0 Å². The molecular weight excluding hydrogens is 254 g/mol. The molecular formula is C16H25NO3. The van der Waals surface area contributed by atoms with Crippen LogP contribution in [0, 0.1) is 0 Å². The van der Waals surface area contributed by atoms with Crippen LogP contribution in [0.15, 0.2) is 24.3 Å². The molecule has 0 bridgehead atoms. The molecule has 0 unspecified atom stereocenters. The van der Waals surface area contributed by atoms with Gasteiger partial charge in [0.15, 0.2) is 17.6 Å². The molecule has 4 nitrogen and oxygen atoms in total. The van der Waals surface area contributed by atoms with Gasteiger partial charge >= 0.3 is 0 Å². The number of nitrogens with one attached hydrogen (secondary N) is 1. The highest BCUT2D eigenvalue weighted by molar-refractivity contribution is 5.81. The Hall–Kier alpha value is -1.71. The first kappa shape index (κ1) is 16.3. The molecule has 0 fully saturated rings. The summed E-state index contributed by atoms with van der Waals surface area (Å²) in [5.41, 5.74) is 0. The van der Waals surface area contributed by atoms with Crippen molar-refractivity contribution in [1.29, 1.82) is 0 Å². The van der Waals surface area contributed by atoms with Crippen LogP contribution in [0.3, 0.4) is 0 Å². The van der Waals surface area contributed by atoms with Crippen LogP contribution < -0.4 is 14.8 Å². The SMILES string of the molecule is CCCCCNC(=O)[C@@H](CC)Oc1ccccc1OC. The molecule has 0 radical (unpaired) electrons. The van der Waals surface area contributed by atoms with Gasteiger partial charge in [0.25, 0.3) is 5.91 Å². The van der Waals surface area contributed by atoms with Crippen molar-refractivity contribution in [1.82, 2.24) is 5.32 Å². The molecule has 0 aliphatic heterocycles. The van der Waals surface area contributed by atoms with Crippen LogP contribution in [-0.4, -0.2) is 25.7 Å². The Balaban J connectivity index is 2.55. The summed E-state index contributed by atoms with van der Waals surface area (Å²) in [5.74, 6) is 1.19. The minimum atomic E-state index is -0.479. The normalized spacial score (nSPS) is 11.8. The molecule has 1 rings (SSSR count). The summed E-state index contributed by atoms with van der Waals surface area (Å²) in [6, 6.07) is 7.37. The largest absolute Gasteiger partial charge is 0.493 e. The average molecular weight is 279 g/mol. The summed E-state index contributed by atoms with van der Waals surface area (Å²) in [6.45, 7) is 4.78. The summed E-state index contributed by atoms with van der Waals surface area (Å²) in [5, 5.41) is 2.92. The van der Waals surface area contributed by atoms with E-state index in [-0.39, 0.29) is 5.91 Å². The standard InChI is InChI=1S/C16H25NO3/c1-4-6-9-12-17-16(18)13(5-2)20-15-11-8-7-10-14(15)19-3/h7-8,10-11,13H,4-6,9,12H2,1-3H3,(H,17,18)/t13-/m1/s1. The number of carbonyl (C=O) groups excluding carboxylic acids is 1. The predicted octanol–water partition coefficient (Wildman–Crippen LogP) is 3.16. The number of rotatable bonds is 9. The fourth-order valence-electron chi connectivity index (χ4n) is 1.89. The van der Waals surface area contributed by atoms with Gasteiger partial charge in [-0.25, -0.2) is 0 Å². The third kappa shape index (κ3) is 5.11. The fraction of sp³-hybridized carbons (Fsp3) is 0.562. The zero-order chi connectivity index (χ0) is 14.8. The van der Waals surface area contributed by atoms with E-state index in [4.69, 9.17) is 9.47 Å². The first-order valence-corrected chi connectivity index (χ1v) is 7.30. The van der Waals surface area contributed by atoms with E-state index in [0.29, 0.717) is 24.5 Å². The second kappa shape index (κ2) is 9.23. The maximum Gasteiger partial charge on any atom is 0.261 e. The molecule has 0 saturated carbocycles. The van der Waals surface area contributed by atoms with Crippen LogP contribution in [0.2, 0.25) is 0 Å². The van der Waals surface area contributed by atoms with Gasteiger partial charge in [-0.05, 0) is 25.0 Å². The predicted molar refractivity (Wildman–Crippen MR) is 80.2 cm³/mol. The minimum absolute atomic E-state index is 0.0606. The van der Waals surface area contributed by atoms with E-state index in [1.165, 1.54) is 0 Å². The molecule has 0 aliphatic carbocycles. The van der Waals surface area contributed by atoms with E-state index in [2.05, 4.69) is 12.2 Å². The number of ether oxygens (including phenoxy) is 2. The smallest absolute Gasteiger partial charge is 0.261 e. The van der Waals surface area contributed by atoms with Crippen LogP contribution >= 0.6 is 0 Å². The molecule has 0 saturated heterocycles. The third-order valence-electron chi connectivity index (χ3n) is 3.08. The molecule has 0 aliphatic rings.